The van der Waals surface area contributed by atoms with Crippen molar-refractivity contribution in [1.82, 2.24) is 0 Å². The summed E-state index contributed by atoms with van der Waals surface area (Å²) in [6, 6.07) is 16.1. The molecule has 1 aliphatic heterocycles. The molecule has 0 spiro atoms. The highest BCUT2D eigenvalue weighted by atomic mass is 79.9. The minimum absolute atomic E-state index is 0.0510. The topological polar surface area (TPSA) is 75.3 Å². The number of benzene rings is 3. The van der Waals surface area contributed by atoms with E-state index in [-0.39, 0.29) is 11.8 Å². The molecular formula is C23H19BrN2O3. The summed E-state index contributed by atoms with van der Waals surface area (Å²) >= 11 is 3.54. The van der Waals surface area contributed by atoms with Gasteiger partial charge in [-0.3, -0.25) is 5.41 Å². The van der Waals surface area contributed by atoms with Crippen LogP contribution in [0.1, 0.15) is 22.6 Å². The van der Waals surface area contributed by atoms with E-state index in [0.717, 1.165) is 31.9 Å². The number of hydrogen-bond acceptors (Lipinski definition) is 5. The Hall–Kier alpha value is -3.04. The van der Waals surface area contributed by atoms with Gasteiger partial charge in [0.2, 0.25) is 5.90 Å². The molecule has 5 nitrogen and oxygen atoms in total. The number of ether oxygens (including phenoxy) is 3. The number of methoxy groups -OCH3 is 2. The number of hydrogen-bond donors (Lipinski definition) is 1. The van der Waals surface area contributed by atoms with Crippen LogP contribution in [-0.4, -0.2) is 20.1 Å². The van der Waals surface area contributed by atoms with Gasteiger partial charge in [0, 0.05) is 16.9 Å². The number of fused-ring (bicyclic) bond motifs is 3. The highest BCUT2D eigenvalue weighted by Crippen LogP contribution is 2.48. The molecule has 1 aliphatic rings. The Morgan fingerprint density at radius 1 is 1.10 bits per heavy atom. The van der Waals surface area contributed by atoms with Gasteiger partial charge in [0.15, 0.2) is 11.5 Å². The van der Waals surface area contributed by atoms with Gasteiger partial charge >= 0.3 is 0 Å². The summed E-state index contributed by atoms with van der Waals surface area (Å²) in [6.45, 7) is 2.05. The van der Waals surface area contributed by atoms with Crippen molar-refractivity contribution in [3.05, 3.63) is 63.6 Å². The maximum absolute atomic E-state index is 9.83. The third-order valence-electron chi connectivity index (χ3n) is 5.38. The minimum Gasteiger partial charge on any atom is -0.493 e. The number of nitrogens with one attached hydrogen (secondary N) is 1. The van der Waals surface area contributed by atoms with Crippen LogP contribution in [0.25, 0.3) is 10.8 Å². The zero-order valence-corrected chi connectivity index (χ0v) is 17.8. The fourth-order valence-electron chi connectivity index (χ4n) is 3.99. The Morgan fingerprint density at radius 3 is 2.59 bits per heavy atom. The molecule has 6 heteroatoms. The number of aryl methyl sites for hydroxylation is 1. The third-order valence-corrected chi connectivity index (χ3v) is 5.97. The zero-order valence-electron chi connectivity index (χ0n) is 16.2. The van der Waals surface area contributed by atoms with Crippen LogP contribution in [-0.2, 0) is 0 Å². The lowest BCUT2D eigenvalue weighted by Gasteiger charge is -2.31. The van der Waals surface area contributed by atoms with Crippen molar-refractivity contribution in [2.45, 2.75) is 12.8 Å². The van der Waals surface area contributed by atoms with E-state index in [1.807, 2.05) is 43.3 Å². The second kappa shape index (κ2) is 7.41. The summed E-state index contributed by atoms with van der Waals surface area (Å²) in [4.78, 5) is 0. The van der Waals surface area contributed by atoms with Crippen molar-refractivity contribution < 1.29 is 14.2 Å². The monoisotopic (exact) mass is 450 g/mol. The number of halogens is 1. The number of nitrogens with zero attached hydrogens (tertiary/aromatic N) is 1. The van der Waals surface area contributed by atoms with Gasteiger partial charge in [-0.05, 0) is 51.5 Å². The van der Waals surface area contributed by atoms with Gasteiger partial charge in [0.1, 0.15) is 11.7 Å². The van der Waals surface area contributed by atoms with E-state index in [4.69, 9.17) is 19.6 Å². The fourth-order valence-corrected chi connectivity index (χ4v) is 4.61. The molecule has 1 heterocycles. The highest BCUT2D eigenvalue weighted by molar-refractivity contribution is 9.10. The Morgan fingerprint density at radius 2 is 1.90 bits per heavy atom. The minimum atomic E-state index is -0.741. The summed E-state index contributed by atoms with van der Waals surface area (Å²) < 4.78 is 17.5. The molecule has 3 aromatic carbocycles. The second-order valence-electron chi connectivity index (χ2n) is 6.94. The van der Waals surface area contributed by atoms with Crippen molar-refractivity contribution in [2.75, 3.05) is 14.2 Å². The van der Waals surface area contributed by atoms with E-state index in [2.05, 4.69) is 28.1 Å². The summed E-state index contributed by atoms with van der Waals surface area (Å²) in [7, 11) is 3.15. The summed E-state index contributed by atoms with van der Waals surface area (Å²) in [5.74, 6) is 0.626. The first-order valence-electron chi connectivity index (χ1n) is 9.09. The molecule has 1 N–H and O–H groups in total. The normalized spacial score (nSPS) is 18.0. The first-order chi connectivity index (χ1) is 14.0. The van der Waals surface area contributed by atoms with Crippen LogP contribution in [0.3, 0.4) is 0 Å². The molecule has 0 radical (unpaired) electrons. The maximum Gasteiger partial charge on any atom is 0.205 e. The summed E-state index contributed by atoms with van der Waals surface area (Å²) in [6.07, 6.45) is 0. The van der Waals surface area contributed by atoms with Crippen molar-refractivity contribution in [3.63, 3.8) is 0 Å². The van der Waals surface area contributed by atoms with Crippen LogP contribution >= 0.6 is 15.9 Å². The van der Waals surface area contributed by atoms with Crippen LogP contribution in [0.5, 0.6) is 17.2 Å². The smallest absolute Gasteiger partial charge is 0.205 e. The molecule has 0 saturated heterocycles. The van der Waals surface area contributed by atoms with Gasteiger partial charge < -0.3 is 14.2 Å². The Labute approximate surface area is 177 Å². The van der Waals surface area contributed by atoms with Crippen molar-refractivity contribution in [2.24, 2.45) is 5.92 Å². The van der Waals surface area contributed by atoms with Crippen molar-refractivity contribution in [3.8, 4) is 23.3 Å². The van der Waals surface area contributed by atoms with Gasteiger partial charge in [-0.25, -0.2) is 0 Å². The van der Waals surface area contributed by atoms with Gasteiger partial charge in [-0.1, -0.05) is 30.3 Å². The van der Waals surface area contributed by atoms with Gasteiger partial charge in [-0.2, -0.15) is 5.26 Å². The van der Waals surface area contributed by atoms with E-state index in [1.165, 1.54) is 0 Å². The molecule has 4 rings (SSSR count). The summed E-state index contributed by atoms with van der Waals surface area (Å²) in [5, 5.41) is 20.2. The molecule has 0 aromatic heterocycles. The number of nitriles is 1. The zero-order chi connectivity index (χ0) is 20.7. The van der Waals surface area contributed by atoms with E-state index in [9.17, 15) is 5.26 Å². The first-order valence-corrected chi connectivity index (χ1v) is 9.89. The predicted octanol–water partition coefficient (Wildman–Crippen LogP) is 5.57. The average Bonchev–Trinajstić information content (AvgIpc) is 2.72. The van der Waals surface area contributed by atoms with Crippen LogP contribution in [0.4, 0.5) is 0 Å². The van der Waals surface area contributed by atoms with E-state index in [0.29, 0.717) is 17.2 Å². The lowest BCUT2D eigenvalue weighted by atomic mass is 9.78. The molecule has 2 unspecified atom stereocenters. The van der Waals surface area contributed by atoms with Crippen molar-refractivity contribution in [1.29, 1.82) is 10.7 Å². The lowest BCUT2D eigenvalue weighted by Crippen LogP contribution is -2.31. The molecule has 0 fully saturated rings. The van der Waals surface area contributed by atoms with E-state index in [1.54, 1.807) is 14.2 Å². The Kier molecular flexibility index (Phi) is 4.93. The average molecular weight is 451 g/mol. The molecule has 2 atom stereocenters. The number of rotatable bonds is 3. The van der Waals surface area contributed by atoms with Crippen LogP contribution in [0.15, 0.2) is 46.9 Å². The second-order valence-corrected chi connectivity index (χ2v) is 7.80. The maximum atomic E-state index is 9.83. The molecule has 0 aliphatic carbocycles. The van der Waals surface area contributed by atoms with Crippen LogP contribution in [0, 0.1) is 29.6 Å². The Balaban J connectivity index is 2.00. The first kappa shape index (κ1) is 19.3. The standard InChI is InChI=1S/C23H19BrN2O3/c1-12-5-4-6-15-14(12)7-8-16-20(17(11-25)23(26)29-21(15)16)13-9-18(24)22(28-3)19(10-13)27-2/h4-10,17,20,26H,1-3H3. The molecule has 3 aromatic rings. The quantitative estimate of drug-likeness (QED) is 0.565. The Bertz CT molecular complexity index is 1180. The SMILES string of the molecule is COc1cc(C2c3ccc4c(C)cccc4c3OC(=N)C2C#N)cc(Br)c1OC. The molecule has 0 bridgehead atoms. The van der Waals surface area contributed by atoms with Gasteiger partial charge in [-0.15, -0.1) is 0 Å². The molecule has 0 saturated carbocycles. The fraction of sp³-hybridized carbons (Fsp3) is 0.217. The molecule has 29 heavy (non-hydrogen) atoms. The van der Waals surface area contributed by atoms with Crippen LogP contribution < -0.4 is 14.2 Å². The van der Waals surface area contributed by atoms with E-state index < -0.39 is 5.92 Å². The largest absolute Gasteiger partial charge is 0.493 e. The molecular weight excluding hydrogens is 432 g/mol. The molecule has 146 valence electrons. The van der Waals surface area contributed by atoms with Gasteiger partial charge in [0.25, 0.3) is 0 Å². The third kappa shape index (κ3) is 3.02. The lowest BCUT2D eigenvalue weighted by molar-refractivity contribution is 0.352. The van der Waals surface area contributed by atoms with Crippen molar-refractivity contribution >= 4 is 32.6 Å². The van der Waals surface area contributed by atoms with Crippen LogP contribution in [0.2, 0.25) is 0 Å². The highest BCUT2D eigenvalue weighted by Gasteiger charge is 2.38. The van der Waals surface area contributed by atoms with Gasteiger partial charge in [0.05, 0.1) is 24.8 Å². The summed E-state index contributed by atoms with van der Waals surface area (Å²) in [5.41, 5.74) is 2.86. The molecule has 0 amide bonds. The predicted molar refractivity (Wildman–Crippen MR) is 115 cm³/mol. The van der Waals surface area contributed by atoms with E-state index >= 15 is 0 Å².